The minimum Gasteiger partial charge on any atom is -0.315 e. The molecule has 0 spiro atoms. The van der Waals surface area contributed by atoms with Crippen LogP contribution in [0.15, 0.2) is 17.3 Å². The zero-order valence-corrected chi connectivity index (χ0v) is 13.7. The predicted molar refractivity (Wildman–Crippen MR) is 80.1 cm³/mol. The summed E-state index contributed by atoms with van der Waals surface area (Å²) in [6.07, 6.45) is 4.89. The number of nitrogens with zero attached hydrogens (tertiary/aromatic N) is 3. The molecule has 0 aliphatic rings. The molecule has 0 aliphatic heterocycles. The molecule has 1 heterocycles. The van der Waals surface area contributed by atoms with Crippen LogP contribution in [-0.4, -0.2) is 48.7 Å². The fourth-order valence-electron chi connectivity index (χ4n) is 1.76. The number of rotatable bonds is 9. The third-order valence-corrected chi connectivity index (χ3v) is 5.37. The Hall–Kier alpha value is -0.920. The number of hydrogen-bond acceptors (Lipinski definition) is 4. The van der Waals surface area contributed by atoms with Gasteiger partial charge in [0, 0.05) is 25.8 Å². The SMILES string of the molecule is CCCNCCn1cc(S(=O)(=O)N(C)C(C)CC)cn1. The van der Waals surface area contributed by atoms with Gasteiger partial charge in [-0.25, -0.2) is 8.42 Å². The van der Waals surface area contributed by atoms with Crippen molar-refractivity contribution < 1.29 is 8.42 Å². The van der Waals surface area contributed by atoms with Crippen molar-refractivity contribution in [1.29, 1.82) is 0 Å². The fourth-order valence-corrected chi connectivity index (χ4v) is 3.15. The van der Waals surface area contributed by atoms with Gasteiger partial charge in [0.25, 0.3) is 0 Å². The Labute approximate surface area is 122 Å². The third kappa shape index (κ3) is 4.29. The van der Waals surface area contributed by atoms with Gasteiger partial charge in [0.05, 0.1) is 12.7 Å². The average Bonchev–Trinajstić information content (AvgIpc) is 2.91. The van der Waals surface area contributed by atoms with E-state index in [1.165, 1.54) is 10.5 Å². The van der Waals surface area contributed by atoms with Gasteiger partial charge in [0.15, 0.2) is 0 Å². The maximum absolute atomic E-state index is 12.4. The summed E-state index contributed by atoms with van der Waals surface area (Å²) in [4.78, 5) is 0.260. The molecule has 6 nitrogen and oxygen atoms in total. The second kappa shape index (κ2) is 7.75. The lowest BCUT2D eigenvalue weighted by atomic mass is 10.3. The second-order valence-electron chi connectivity index (χ2n) is 4.97. The van der Waals surface area contributed by atoms with Crippen LogP contribution in [0.4, 0.5) is 0 Å². The smallest absolute Gasteiger partial charge is 0.246 e. The lowest BCUT2D eigenvalue weighted by Gasteiger charge is -2.22. The Balaban J connectivity index is 2.70. The van der Waals surface area contributed by atoms with Gasteiger partial charge in [0.2, 0.25) is 10.0 Å². The van der Waals surface area contributed by atoms with Gasteiger partial charge in [-0.05, 0) is 26.3 Å². The van der Waals surface area contributed by atoms with Gasteiger partial charge in [-0.15, -0.1) is 0 Å². The van der Waals surface area contributed by atoms with Crippen LogP contribution >= 0.6 is 0 Å². The highest BCUT2D eigenvalue weighted by Gasteiger charge is 2.25. The second-order valence-corrected chi connectivity index (χ2v) is 6.97. The van der Waals surface area contributed by atoms with Crippen LogP contribution in [0.3, 0.4) is 0 Å². The van der Waals surface area contributed by atoms with Crippen LogP contribution in [0.2, 0.25) is 0 Å². The first-order valence-electron chi connectivity index (χ1n) is 7.14. The van der Waals surface area contributed by atoms with Crippen molar-refractivity contribution >= 4 is 10.0 Å². The molecular weight excluding hydrogens is 276 g/mol. The number of sulfonamides is 1. The van der Waals surface area contributed by atoms with E-state index in [4.69, 9.17) is 0 Å². The average molecular weight is 302 g/mol. The number of hydrogen-bond donors (Lipinski definition) is 1. The van der Waals surface area contributed by atoms with Crippen molar-refractivity contribution in [3.05, 3.63) is 12.4 Å². The zero-order chi connectivity index (χ0) is 15.2. The van der Waals surface area contributed by atoms with E-state index in [2.05, 4.69) is 17.3 Å². The Morgan fingerprint density at radius 2 is 2.10 bits per heavy atom. The molecule has 1 rings (SSSR count). The molecule has 0 saturated heterocycles. The minimum absolute atomic E-state index is 0.0189. The molecule has 1 unspecified atom stereocenters. The fraction of sp³-hybridized carbons (Fsp3) is 0.769. The lowest BCUT2D eigenvalue weighted by Crippen LogP contribution is -2.34. The molecule has 1 N–H and O–H groups in total. The Morgan fingerprint density at radius 3 is 2.70 bits per heavy atom. The first-order valence-corrected chi connectivity index (χ1v) is 8.58. The van der Waals surface area contributed by atoms with E-state index in [9.17, 15) is 8.42 Å². The topological polar surface area (TPSA) is 67.2 Å². The van der Waals surface area contributed by atoms with Crippen LogP contribution in [0.5, 0.6) is 0 Å². The monoisotopic (exact) mass is 302 g/mol. The summed E-state index contributed by atoms with van der Waals surface area (Å²) in [5, 5.41) is 7.38. The molecule has 7 heteroatoms. The van der Waals surface area contributed by atoms with Gasteiger partial charge in [-0.3, -0.25) is 4.68 Å². The van der Waals surface area contributed by atoms with E-state index < -0.39 is 10.0 Å². The first kappa shape index (κ1) is 17.1. The summed E-state index contributed by atoms with van der Waals surface area (Å²) in [7, 11) is -1.82. The summed E-state index contributed by atoms with van der Waals surface area (Å²) in [5.74, 6) is 0. The molecule has 0 radical (unpaired) electrons. The number of nitrogens with one attached hydrogen (secondary N) is 1. The third-order valence-electron chi connectivity index (χ3n) is 3.44. The van der Waals surface area contributed by atoms with Crippen molar-refractivity contribution in [3.63, 3.8) is 0 Å². The van der Waals surface area contributed by atoms with Crippen LogP contribution in [0, 0.1) is 0 Å². The van der Waals surface area contributed by atoms with E-state index in [0.717, 1.165) is 25.9 Å². The Kier molecular flexibility index (Phi) is 6.64. The van der Waals surface area contributed by atoms with E-state index in [0.29, 0.717) is 6.54 Å². The normalized spacial score (nSPS) is 13.8. The number of aromatic nitrogens is 2. The molecule has 0 aromatic carbocycles. The molecule has 0 bridgehead atoms. The molecule has 0 amide bonds. The highest BCUT2D eigenvalue weighted by Crippen LogP contribution is 2.16. The summed E-state index contributed by atoms with van der Waals surface area (Å²) in [6.45, 7) is 8.40. The van der Waals surface area contributed by atoms with Crippen LogP contribution in [-0.2, 0) is 16.6 Å². The van der Waals surface area contributed by atoms with Crippen molar-refractivity contribution in [2.45, 2.75) is 51.1 Å². The Bertz CT molecular complexity index is 498. The van der Waals surface area contributed by atoms with E-state index in [1.807, 2.05) is 13.8 Å². The maximum atomic E-state index is 12.4. The molecule has 0 saturated carbocycles. The summed E-state index contributed by atoms with van der Waals surface area (Å²) >= 11 is 0. The first-order chi connectivity index (χ1) is 9.43. The lowest BCUT2D eigenvalue weighted by molar-refractivity contribution is 0.380. The quantitative estimate of drug-likeness (QED) is 0.698. The van der Waals surface area contributed by atoms with E-state index in [1.54, 1.807) is 17.9 Å². The molecular formula is C13H26N4O2S. The van der Waals surface area contributed by atoms with Crippen molar-refractivity contribution in [2.24, 2.45) is 0 Å². The van der Waals surface area contributed by atoms with Gasteiger partial charge in [0.1, 0.15) is 4.90 Å². The molecule has 1 atom stereocenters. The van der Waals surface area contributed by atoms with E-state index >= 15 is 0 Å². The predicted octanol–water partition coefficient (Wildman–Crippen LogP) is 1.30. The minimum atomic E-state index is -3.44. The van der Waals surface area contributed by atoms with Crippen LogP contribution in [0.1, 0.15) is 33.6 Å². The van der Waals surface area contributed by atoms with Crippen LogP contribution < -0.4 is 5.32 Å². The van der Waals surface area contributed by atoms with E-state index in [-0.39, 0.29) is 10.9 Å². The summed E-state index contributed by atoms with van der Waals surface area (Å²) < 4.78 is 27.8. The highest BCUT2D eigenvalue weighted by molar-refractivity contribution is 7.89. The Morgan fingerprint density at radius 1 is 1.40 bits per heavy atom. The molecule has 1 aromatic rings. The molecule has 1 aromatic heterocycles. The summed E-state index contributed by atoms with van der Waals surface area (Å²) in [5.41, 5.74) is 0. The molecule has 0 aliphatic carbocycles. The standard InChI is InChI=1S/C13H26N4O2S/c1-5-7-14-8-9-17-11-13(10-15-17)20(18,19)16(4)12(3)6-2/h10-12,14H,5-9H2,1-4H3. The van der Waals surface area contributed by atoms with Gasteiger partial charge < -0.3 is 5.32 Å². The van der Waals surface area contributed by atoms with Gasteiger partial charge in [-0.2, -0.15) is 9.40 Å². The van der Waals surface area contributed by atoms with Crippen LogP contribution in [0.25, 0.3) is 0 Å². The largest absolute Gasteiger partial charge is 0.315 e. The highest BCUT2D eigenvalue weighted by atomic mass is 32.2. The summed E-state index contributed by atoms with van der Waals surface area (Å²) in [6, 6.07) is -0.0189. The van der Waals surface area contributed by atoms with Crippen molar-refractivity contribution in [1.82, 2.24) is 19.4 Å². The maximum Gasteiger partial charge on any atom is 0.246 e. The van der Waals surface area contributed by atoms with Gasteiger partial charge >= 0.3 is 0 Å². The molecule has 116 valence electrons. The molecule has 0 fully saturated rings. The zero-order valence-electron chi connectivity index (χ0n) is 12.8. The van der Waals surface area contributed by atoms with Crippen molar-refractivity contribution in [3.8, 4) is 0 Å². The van der Waals surface area contributed by atoms with Crippen molar-refractivity contribution in [2.75, 3.05) is 20.1 Å². The molecule has 20 heavy (non-hydrogen) atoms. The van der Waals surface area contributed by atoms with Gasteiger partial charge in [-0.1, -0.05) is 13.8 Å².